The standard InChI is InChI=1S/C36H39NO6/c1-21(2)41-32(38)25-11-9-22(10-12-25)20-37-30-8-6-5-7-29(30)35(3,4)31(37)14-13-28-33(39)42-36(43-34(28)40)26-16-23-15-24(18-26)19-27(36)17-23/h5-14,21,23-24,26-27H,15-20H2,1-4H3. The van der Waals surface area contributed by atoms with Gasteiger partial charge in [-0.1, -0.05) is 44.2 Å². The molecule has 0 amide bonds. The smallest absolute Gasteiger partial charge is 0.348 e. The molecule has 6 aliphatic rings. The van der Waals surface area contributed by atoms with Crippen LogP contribution in [-0.2, 0) is 35.8 Å². The third kappa shape index (κ3) is 4.59. The van der Waals surface area contributed by atoms with E-state index >= 15 is 0 Å². The minimum Gasteiger partial charge on any atom is -0.459 e. The summed E-state index contributed by atoms with van der Waals surface area (Å²) >= 11 is 0. The van der Waals surface area contributed by atoms with Crippen LogP contribution >= 0.6 is 0 Å². The second-order valence-corrected chi connectivity index (χ2v) is 13.8. The fourth-order valence-corrected chi connectivity index (χ4v) is 8.50. The van der Waals surface area contributed by atoms with Crippen LogP contribution in [-0.4, -0.2) is 29.8 Å². The van der Waals surface area contributed by atoms with Gasteiger partial charge in [-0.25, -0.2) is 14.4 Å². The zero-order chi connectivity index (χ0) is 30.1. The molecule has 224 valence electrons. The molecule has 2 aromatic rings. The highest BCUT2D eigenvalue weighted by Gasteiger charge is 2.64. The first-order valence-corrected chi connectivity index (χ1v) is 15.6. The van der Waals surface area contributed by atoms with Crippen molar-refractivity contribution < 1.29 is 28.6 Å². The van der Waals surface area contributed by atoms with Crippen LogP contribution in [0.1, 0.15) is 81.3 Å². The Bertz CT molecular complexity index is 1500. The molecule has 43 heavy (non-hydrogen) atoms. The van der Waals surface area contributed by atoms with E-state index in [0.29, 0.717) is 23.9 Å². The Labute approximate surface area is 252 Å². The highest BCUT2D eigenvalue weighted by atomic mass is 16.7. The number of hydrogen-bond acceptors (Lipinski definition) is 7. The van der Waals surface area contributed by atoms with Crippen LogP contribution < -0.4 is 4.90 Å². The van der Waals surface area contributed by atoms with Gasteiger partial charge < -0.3 is 19.1 Å². The molecule has 0 radical (unpaired) electrons. The number of anilines is 1. The normalized spacial score (nSPS) is 31.0. The van der Waals surface area contributed by atoms with E-state index in [-0.39, 0.29) is 34.9 Å². The molecular weight excluding hydrogens is 542 g/mol. The Kier molecular flexibility index (Phi) is 6.56. The average Bonchev–Trinajstić information content (AvgIpc) is 3.16. The minimum atomic E-state index is -1.09. The van der Waals surface area contributed by atoms with E-state index in [1.807, 2.05) is 44.2 Å². The lowest BCUT2D eigenvalue weighted by molar-refractivity contribution is -0.313. The first kappa shape index (κ1) is 27.9. The summed E-state index contributed by atoms with van der Waals surface area (Å²) in [5.41, 5.74) is 4.21. The Balaban J connectivity index is 1.17. The van der Waals surface area contributed by atoms with Gasteiger partial charge in [0.2, 0.25) is 0 Å². The molecule has 4 bridgehead atoms. The number of hydrogen-bond donors (Lipinski definition) is 0. The van der Waals surface area contributed by atoms with Gasteiger partial charge in [-0.05, 0) is 99.3 Å². The summed E-state index contributed by atoms with van der Waals surface area (Å²) in [5, 5.41) is 0. The molecule has 7 heteroatoms. The van der Waals surface area contributed by atoms with Crippen molar-refractivity contribution in [2.45, 2.75) is 83.6 Å². The molecule has 2 aliphatic heterocycles. The average molecular weight is 582 g/mol. The summed E-state index contributed by atoms with van der Waals surface area (Å²) < 4.78 is 17.5. The lowest BCUT2D eigenvalue weighted by Gasteiger charge is -2.59. The maximum atomic E-state index is 13.4. The van der Waals surface area contributed by atoms with Gasteiger partial charge in [0.05, 0.1) is 11.7 Å². The number of nitrogens with zero attached hydrogens (tertiary/aromatic N) is 1. The largest absolute Gasteiger partial charge is 0.459 e. The lowest BCUT2D eigenvalue weighted by atomic mass is 9.53. The Hall–Kier alpha value is -3.87. The summed E-state index contributed by atoms with van der Waals surface area (Å²) in [6, 6.07) is 15.7. The number of para-hydroxylation sites is 1. The first-order chi connectivity index (χ1) is 20.5. The number of carbonyl (C=O) groups is 3. The fraction of sp³-hybridized carbons (Fsp3) is 0.472. The molecule has 1 saturated heterocycles. The number of benzene rings is 2. The van der Waals surface area contributed by atoms with Crippen molar-refractivity contribution in [1.29, 1.82) is 0 Å². The zero-order valence-corrected chi connectivity index (χ0v) is 25.3. The highest BCUT2D eigenvalue weighted by molar-refractivity contribution is 6.15. The predicted molar refractivity (Wildman–Crippen MR) is 161 cm³/mol. The van der Waals surface area contributed by atoms with Crippen molar-refractivity contribution in [3.8, 4) is 0 Å². The van der Waals surface area contributed by atoms with Gasteiger partial charge in [0.1, 0.15) is 5.57 Å². The molecule has 4 aliphatic carbocycles. The Morgan fingerprint density at radius 3 is 2.12 bits per heavy atom. The van der Waals surface area contributed by atoms with Crippen LogP contribution in [0.3, 0.4) is 0 Å². The number of esters is 3. The van der Waals surface area contributed by atoms with Gasteiger partial charge in [-0.3, -0.25) is 0 Å². The van der Waals surface area contributed by atoms with Gasteiger partial charge in [0.15, 0.2) is 0 Å². The summed E-state index contributed by atoms with van der Waals surface area (Å²) in [5.74, 6) is -1.06. The van der Waals surface area contributed by atoms with Gasteiger partial charge in [0.25, 0.3) is 5.79 Å². The highest BCUT2D eigenvalue weighted by Crippen LogP contribution is 2.61. The molecule has 2 aromatic carbocycles. The number of rotatable bonds is 5. The van der Waals surface area contributed by atoms with Crippen LogP contribution in [0, 0.1) is 23.7 Å². The molecule has 8 rings (SSSR count). The van der Waals surface area contributed by atoms with E-state index in [1.165, 1.54) is 6.42 Å². The lowest BCUT2D eigenvalue weighted by Crippen LogP contribution is -2.63. The molecular formula is C36H39NO6. The van der Waals surface area contributed by atoms with Crippen molar-refractivity contribution in [3.63, 3.8) is 0 Å². The molecule has 2 heterocycles. The number of ether oxygens (including phenoxy) is 3. The summed E-state index contributed by atoms with van der Waals surface area (Å²) in [7, 11) is 0. The van der Waals surface area contributed by atoms with E-state index in [1.54, 1.807) is 18.2 Å². The number of allylic oxidation sites excluding steroid dienone is 3. The molecule has 5 fully saturated rings. The van der Waals surface area contributed by atoms with E-state index in [2.05, 4.69) is 30.9 Å². The van der Waals surface area contributed by atoms with Crippen LogP contribution in [0.15, 0.2) is 72.0 Å². The number of fused-ring (bicyclic) bond motifs is 1. The molecule has 1 spiro atoms. The Morgan fingerprint density at radius 2 is 1.51 bits per heavy atom. The van der Waals surface area contributed by atoms with Crippen LogP contribution in [0.4, 0.5) is 5.69 Å². The SMILES string of the molecule is CC(C)OC(=O)c1ccc(CN2C(=CC=C3C(=O)OC4(OC3=O)C3CC5CC(C3)CC4C5)C(C)(C)c3ccccc32)cc1. The summed E-state index contributed by atoms with van der Waals surface area (Å²) in [6.45, 7) is 8.48. The first-order valence-electron chi connectivity index (χ1n) is 15.6. The number of carbonyl (C=O) groups excluding carboxylic acids is 3. The van der Waals surface area contributed by atoms with Crippen molar-refractivity contribution in [3.05, 3.63) is 88.6 Å². The maximum Gasteiger partial charge on any atom is 0.348 e. The van der Waals surface area contributed by atoms with Crippen LogP contribution in [0.25, 0.3) is 0 Å². The van der Waals surface area contributed by atoms with E-state index in [0.717, 1.165) is 48.2 Å². The quantitative estimate of drug-likeness (QED) is 0.223. The second kappa shape index (κ2) is 10.1. The van der Waals surface area contributed by atoms with E-state index in [9.17, 15) is 14.4 Å². The molecule has 0 atom stereocenters. The van der Waals surface area contributed by atoms with E-state index < -0.39 is 17.7 Å². The van der Waals surface area contributed by atoms with Crippen molar-refractivity contribution >= 4 is 23.6 Å². The minimum absolute atomic E-state index is 0.0633. The second-order valence-electron chi connectivity index (χ2n) is 13.8. The van der Waals surface area contributed by atoms with Crippen LogP contribution in [0.2, 0.25) is 0 Å². The molecule has 0 unspecified atom stereocenters. The third-order valence-corrected chi connectivity index (χ3v) is 10.3. The van der Waals surface area contributed by atoms with E-state index in [4.69, 9.17) is 14.2 Å². The van der Waals surface area contributed by atoms with Gasteiger partial charge in [0, 0.05) is 35.2 Å². The fourth-order valence-electron chi connectivity index (χ4n) is 8.50. The topological polar surface area (TPSA) is 82.1 Å². The molecule has 0 aromatic heterocycles. The monoisotopic (exact) mass is 581 g/mol. The summed E-state index contributed by atoms with van der Waals surface area (Å²) in [6.07, 6.45) is 8.39. The maximum absolute atomic E-state index is 13.4. The molecule has 4 saturated carbocycles. The molecule has 7 nitrogen and oxygen atoms in total. The van der Waals surface area contributed by atoms with Crippen molar-refractivity contribution in [2.24, 2.45) is 23.7 Å². The van der Waals surface area contributed by atoms with Crippen molar-refractivity contribution in [1.82, 2.24) is 0 Å². The van der Waals surface area contributed by atoms with Gasteiger partial charge >= 0.3 is 17.9 Å². The van der Waals surface area contributed by atoms with Gasteiger partial charge in [-0.2, -0.15) is 0 Å². The Morgan fingerprint density at radius 1 is 0.907 bits per heavy atom. The summed E-state index contributed by atoms with van der Waals surface area (Å²) in [4.78, 5) is 41.4. The third-order valence-electron chi connectivity index (χ3n) is 10.3. The van der Waals surface area contributed by atoms with Gasteiger partial charge in [-0.15, -0.1) is 0 Å². The predicted octanol–water partition coefficient (Wildman–Crippen LogP) is 6.61. The van der Waals surface area contributed by atoms with Crippen LogP contribution in [0.5, 0.6) is 0 Å². The zero-order valence-electron chi connectivity index (χ0n) is 25.3. The van der Waals surface area contributed by atoms with Crippen molar-refractivity contribution in [2.75, 3.05) is 4.90 Å². The molecule has 0 N–H and O–H groups in total.